The minimum Gasteiger partial charge on any atom is -0.481 e. The summed E-state index contributed by atoms with van der Waals surface area (Å²) in [5.41, 5.74) is 0. The fraction of sp³-hybridized carbons (Fsp3) is 0.722. The van der Waals surface area contributed by atoms with Crippen molar-refractivity contribution in [1.29, 1.82) is 0 Å². The average Bonchev–Trinajstić information content (AvgIpc) is 3.23. The minimum atomic E-state index is -0.868. The highest BCUT2D eigenvalue weighted by atomic mass is 16.5. The molecule has 1 aliphatic carbocycles. The Kier molecular flexibility index (Phi) is 5.73. The molecular weight excluding hydrogens is 322 g/mol. The number of hydrogen-bond acceptors (Lipinski definition) is 4. The van der Waals surface area contributed by atoms with Crippen molar-refractivity contribution in [3.63, 3.8) is 0 Å². The monoisotopic (exact) mass is 349 g/mol. The van der Waals surface area contributed by atoms with E-state index in [1.54, 1.807) is 21.9 Å². The first-order valence-electron chi connectivity index (χ1n) is 9.19. The molecule has 0 radical (unpaired) electrons. The molecule has 1 amide bonds. The Morgan fingerprint density at radius 3 is 2.76 bits per heavy atom. The van der Waals surface area contributed by atoms with Crippen LogP contribution in [-0.2, 0) is 21.4 Å². The summed E-state index contributed by atoms with van der Waals surface area (Å²) >= 11 is 0. The third kappa shape index (κ3) is 4.03. The van der Waals surface area contributed by atoms with Gasteiger partial charge in [0, 0.05) is 39.0 Å². The van der Waals surface area contributed by atoms with Gasteiger partial charge in [0.05, 0.1) is 12.0 Å². The SMILES string of the molecule is Cn1ccnc1[C@@H]1[C@H](C(=O)O)CCC(=O)N1CCCOC1CCCC1. The van der Waals surface area contributed by atoms with Crippen molar-refractivity contribution in [2.45, 2.75) is 57.1 Å². The van der Waals surface area contributed by atoms with E-state index in [0.717, 1.165) is 19.3 Å². The van der Waals surface area contributed by atoms with Crippen molar-refractivity contribution in [1.82, 2.24) is 14.5 Å². The van der Waals surface area contributed by atoms with Gasteiger partial charge in [-0.25, -0.2) is 4.98 Å². The zero-order valence-electron chi connectivity index (χ0n) is 14.8. The Bertz CT molecular complexity index is 609. The number of nitrogens with zero attached hydrogens (tertiary/aromatic N) is 3. The number of ether oxygens (including phenoxy) is 1. The van der Waals surface area contributed by atoms with Crippen molar-refractivity contribution in [3.8, 4) is 0 Å². The number of piperidine rings is 1. The predicted molar refractivity (Wildman–Crippen MR) is 90.8 cm³/mol. The lowest BCUT2D eigenvalue weighted by Gasteiger charge is -2.39. The van der Waals surface area contributed by atoms with Gasteiger partial charge in [-0.05, 0) is 25.7 Å². The fourth-order valence-electron chi connectivity index (χ4n) is 4.00. The first kappa shape index (κ1) is 17.9. The second-order valence-corrected chi connectivity index (χ2v) is 7.04. The maximum Gasteiger partial charge on any atom is 0.309 e. The lowest BCUT2D eigenvalue weighted by molar-refractivity contribution is -0.152. The van der Waals surface area contributed by atoms with Gasteiger partial charge in [0.15, 0.2) is 0 Å². The molecule has 2 heterocycles. The number of aryl methyl sites for hydroxylation is 1. The topological polar surface area (TPSA) is 84.7 Å². The molecule has 1 saturated heterocycles. The van der Waals surface area contributed by atoms with E-state index < -0.39 is 17.9 Å². The molecule has 0 spiro atoms. The number of likely N-dealkylation sites (tertiary alicyclic amines) is 1. The van der Waals surface area contributed by atoms with Gasteiger partial charge in [0.2, 0.25) is 5.91 Å². The van der Waals surface area contributed by atoms with Crippen LogP contribution in [0.5, 0.6) is 0 Å². The number of imidazole rings is 1. The van der Waals surface area contributed by atoms with Crippen molar-refractivity contribution in [2.24, 2.45) is 13.0 Å². The van der Waals surface area contributed by atoms with Gasteiger partial charge in [-0.3, -0.25) is 9.59 Å². The van der Waals surface area contributed by atoms with Gasteiger partial charge >= 0.3 is 5.97 Å². The van der Waals surface area contributed by atoms with Crippen LogP contribution in [0.4, 0.5) is 0 Å². The zero-order chi connectivity index (χ0) is 17.8. The number of aromatic nitrogens is 2. The molecule has 2 aliphatic rings. The molecule has 1 aromatic heterocycles. The molecule has 1 aliphatic heterocycles. The average molecular weight is 349 g/mol. The summed E-state index contributed by atoms with van der Waals surface area (Å²) in [6.07, 6.45) is 9.86. The normalized spacial score (nSPS) is 24.8. The molecule has 3 rings (SSSR count). The maximum absolute atomic E-state index is 12.5. The Labute approximate surface area is 148 Å². The maximum atomic E-state index is 12.5. The second-order valence-electron chi connectivity index (χ2n) is 7.04. The highest BCUT2D eigenvalue weighted by molar-refractivity contribution is 5.81. The molecule has 25 heavy (non-hydrogen) atoms. The number of carboxylic acids is 1. The Morgan fingerprint density at radius 2 is 2.12 bits per heavy atom. The number of hydrogen-bond donors (Lipinski definition) is 1. The number of carboxylic acid groups (broad SMARTS) is 1. The number of aliphatic carboxylic acids is 1. The Morgan fingerprint density at radius 1 is 1.36 bits per heavy atom. The van der Waals surface area contributed by atoms with Crippen LogP contribution in [0.15, 0.2) is 12.4 Å². The largest absolute Gasteiger partial charge is 0.481 e. The number of rotatable bonds is 7. The summed E-state index contributed by atoms with van der Waals surface area (Å²) in [5.74, 6) is -0.842. The van der Waals surface area contributed by atoms with Crippen LogP contribution in [0.1, 0.15) is 56.8 Å². The van der Waals surface area contributed by atoms with Crippen LogP contribution in [0.3, 0.4) is 0 Å². The van der Waals surface area contributed by atoms with Crippen molar-refractivity contribution >= 4 is 11.9 Å². The lowest BCUT2D eigenvalue weighted by Crippen LogP contribution is -2.46. The number of carbonyl (C=O) groups is 2. The minimum absolute atomic E-state index is 0.00589. The van der Waals surface area contributed by atoms with Gasteiger partial charge in [0.25, 0.3) is 0 Å². The fourth-order valence-corrected chi connectivity index (χ4v) is 4.00. The highest BCUT2D eigenvalue weighted by Crippen LogP contribution is 2.36. The van der Waals surface area contributed by atoms with Crippen LogP contribution in [0.2, 0.25) is 0 Å². The van der Waals surface area contributed by atoms with E-state index in [1.807, 2.05) is 7.05 Å². The molecule has 0 bridgehead atoms. The van der Waals surface area contributed by atoms with Gasteiger partial charge in [-0.2, -0.15) is 0 Å². The molecular formula is C18H27N3O4. The van der Waals surface area contributed by atoms with Crippen LogP contribution in [0.25, 0.3) is 0 Å². The summed E-state index contributed by atoms with van der Waals surface area (Å²) < 4.78 is 7.68. The van der Waals surface area contributed by atoms with E-state index in [0.29, 0.717) is 31.5 Å². The van der Waals surface area contributed by atoms with E-state index in [9.17, 15) is 14.7 Å². The predicted octanol–water partition coefficient (Wildman–Crippen LogP) is 2.13. The third-order valence-corrected chi connectivity index (χ3v) is 5.35. The van der Waals surface area contributed by atoms with E-state index in [2.05, 4.69) is 4.98 Å². The summed E-state index contributed by atoms with van der Waals surface area (Å²) in [6, 6.07) is -0.509. The van der Waals surface area contributed by atoms with Gasteiger partial charge in [-0.15, -0.1) is 0 Å². The molecule has 1 saturated carbocycles. The standard InChI is InChI=1S/C18H27N3O4/c1-20-11-9-19-17(20)16-14(18(23)24)7-8-15(22)21(16)10-4-12-25-13-5-2-3-6-13/h9,11,13-14,16H,2-8,10,12H2,1H3,(H,23,24)/t14-,16+/m1/s1. The molecule has 2 atom stereocenters. The van der Waals surface area contributed by atoms with E-state index in [4.69, 9.17) is 4.74 Å². The van der Waals surface area contributed by atoms with Gasteiger partial charge < -0.3 is 19.3 Å². The Balaban J connectivity index is 1.67. The lowest BCUT2D eigenvalue weighted by atomic mass is 9.88. The molecule has 138 valence electrons. The summed E-state index contributed by atoms with van der Waals surface area (Å²) in [4.78, 5) is 30.2. The van der Waals surface area contributed by atoms with Crippen molar-refractivity contribution < 1.29 is 19.4 Å². The first-order valence-corrected chi connectivity index (χ1v) is 9.19. The summed E-state index contributed by atoms with van der Waals surface area (Å²) in [7, 11) is 1.84. The van der Waals surface area contributed by atoms with Gasteiger partial charge in [0.1, 0.15) is 11.9 Å². The zero-order valence-corrected chi connectivity index (χ0v) is 14.8. The first-order chi connectivity index (χ1) is 12.1. The molecule has 1 aromatic rings. The quantitative estimate of drug-likeness (QED) is 0.762. The van der Waals surface area contributed by atoms with E-state index in [1.165, 1.54) is 12.8 Å². The molecule has 2 fully saturated rings. The molecule has 1 N–H and O–H groups in total. The molecule has 0 unspecified atom stereocenters. The van der Waals surface area contributed by atoms with E-state index >= 15 is 0 Å². The van der Waals surface area contributed by atoms with E-state index in [-0.39, 0.29) is 12.3 Å². The van der Waals surface area contributed by atoms with Crippen LogP contribution in [0, 0.1) is 5.92 Å². The van der Waals surface area contributed by atoms with Crippen LogP contribution in [-0.4, -0.2) is 50.7 Å². The second kappa shape index (κ2) is 7.99. The molecule has 7 heteroatoms. The van der Waals surface area contributed by atoms with Crippen LogP contribution < -0.4 is 0 Å². The smallest absolute Gasteiger partial charge is 0.309 e. The molecule has 7 nitrogen and oxygen atoms in total. The Hall–Kier alpha value is -1.89. The summed E-state index contributed by atoms with van der Waals surface area (Å²) in [5, 5.41) is 9.62. The third-order valence-electron chi connectivity index (χ3n) is 5.35. The number of amides is 1. The van der Waals surface area contributed by atoms with Crippen molar-refractivity contribution in [3.05, 3.63) is 18.2 Å². The molecule has 0 aromatic carbocycles. The highest BCUT2D eigenvalue weighted by Gasteiger charge is 2.42. The van der Waals surface area contributed by atoms with Crippen molar-refractivity contribution in [2.75, 3.05) is 13.2 Å². The van der Waals surface area contributed by atoms with Crippen LogP contribution >= 0.6 is 0 Å². The summed E-state index contributed by atoms with van der Waals surface area (Å²) in [6.45, 7) is 1.12. The van der Waals surface area contributed by atoms with Gasteiger partial charge in [-0.1, -0.05) is 12.8 Å². The number of carbonyl (C=O) groups excluding carboxylic acids is 1.